The molecule has 0 spiro atoms. The molecule has 0 aromatic heterocycles. The third kappa shape index (κ3) is 2.62. The molecular formula is C12H16N2O3. The minimum atomic E-state index is -0.371. The van der Waals surface area contributed by atoms with E-state index in [-0.39, 0.29) is 16.0 Å². The van der Waals surface area contributed by atoms with Gasteiger partial charge in [-0.3, -0.25) is 10.1 Å². The van der Waals surface area contributed by atoms with Crippen LogP contribution < -0.4 is 5.73 Å². The highest BCUT2D eigenvalue weighted by Crippen LogP contribution is 2.32. The molecule has 17 heavy (non-hydrogen) atoms. The van der Waals surface area contributed by atoms with Crippen molar-refractivity contribution in [2.24, 2.45) is 11.1 Å². The van der Waals surface area contributed by atoms with Gasteiger partial charge >= 0.3 is 0 Å². The predicted molar refractivity (Wildman–Crippen MR) is 63.7 cm³/mol. The first-order valence-corrected chi connectivity index (χ1v) is 5.66. The molecule has 1 saturated heterocycles. The van der Waals surface area contributed by atoms with Crippen molar-refractivity contribution < 1.29 is 9.66 Å². The van der Waals surface area contributed by atoms with E-state index in [2.05, 4.69) is 0 Å². The Hall–Kier alpha value is -1.46. The molecule has 1 unspecified atom stereocenters. The molecule has 92 valence electrons. The zero-order valence-corrected chi connectivity index (χ0v) is 9.59. The van der Waals surface area contributed by atoms with Gasteiger partial charge in [-0.05, 0) is 18.4 Å². The van der Waals surface area contributed by atoms with Gasteiger partial charge < -0.3 is 10.5 Å². The predicted octanol–water partition coefficient (Wildman–Crippen LogP) is 1.50. The van der Waals surface area contributed by atoms with Gasteiger partial charge in [0, 0.05) is 30.7 Å². The summed E-state index contributed by atoms with van der Waals surface area (Å²) in [5.74, 6) is 0. The van der Waals surface area contributed by atoms with Crippen molar-refractivity contribution in [1.82, 2.24) is 0 Å². The molecular weight excluding hydrogens is 220 g/mol. The summed E-state index contributed by atoms with van der Waals surface area (Å²) < 4.78 is 5.39. The van der Waals surface area contributed by atoms with Crippen molar-refractivity contribution in [2.45, 2.75) is 12.8 Å². The molecule has 1 aromatic carbocycles. The van der Waals surface area contributed by atoms with Crippen LogP contribution in [0.3, 0.4) is 0 Å². The van der Waals surface area contributed by atoms with Gasteiger partial charge in [0.25, 0.3) is 5.69 Å². The van der Waals surface area contributed by atoms with Crippen LogP contribution in [0.15, 0.2) is 24.3 Å². The van der Waals surface area contributed by atoms with Crippen molar-refractivity contribution in [2.75, 3.05) is 19.8 Å². The molecule has 0 radical (unpaired) electrons. The van der Waals surface area contributed by atoms with E-state index in [0.717, 1.165) is 25.0 Å². The summed E-state index contributed by atoms with van der Waals surface area (Å²) in [5.41, 5.74) is 6.84. The van der Waals surface area contributed by atoms with Gasteiger partial charge in [0.15, 0.2) is 0 Å². The molecule has 0 saturated carbocycles. The Labute approximate surface area is 99.7 Å². The smallest absolute Gasteiger partial charge is 0.269 e. The number of nitrogens with zero attached hydrogens (tertiary/aromatic N) is 1. The average Bonchev–Trinajstić information content (AvgIpc) is 2.78. The van der Waals surface area contributed by atoms with Crippen molar-refractivity contribution in [3.8, 4) is 0 Å². The molecule has 1 aromatic rings. The molecule has 5 nitrogen and oxygen atoms in total. The van der Waals surface area contributed by atoms with E-state index in [1.807, 2.05) is 6.07 Å². The lowest BCUT2D eigenvalue weighted by molar-refractivity contribution is -0.384. The maximum atomic E-state index is 10.7. The van der Waals surface area contributed by atoms with Crippen molar-refractivity contribution in [3.05, 3.63) is 39.9 Å². The normalized spacial score (nSPS) is 23.8. The summed E-state index contributed by atoms with van der Waals surface area (Å²) in [6.45, 7) is 1.92. The van der Waals surface area contributed by atoms with Gasteiger partial charge in [-0.2, -0.15) is 0 Å². The van der Waals surface area contributed by atoms with Crippen LogP contribution in [0.5, 0.6) is 0 Å². The largest absolute Gasteiger partial charge is 0.381 e. The Balaban J connectivity index is 2.17. The van der Waals surface area contributed by atoms with E-state index in [9.17, 15) is 10.1 Å². The Bertz CT molecular complexity index is 414. The fourth-order valence-corrected chi connectivity index (χ4v) is 2.24. The molecule has 1 heterocycles. The summed E-state index contributed by atoms with van der Waals surface area (Å²) in [6.07, 6.45) is 1.66. The number of ether oxygens (including phenoxy) is 1. The maximum Gasteiger partial charge on any atom is 0.269 e. The molecule has 0 aliphatic carbocycles. The quantitative estimate of drug-likeness (QED) is 0.634. The monoisotopic (exact) mass is 236 g/mol. The topological polar surface area (TPSA) is 78.4 Å². The third-order valence-corrected chi connectivity index (χ3v) is 3.32. The standard InChI is InChI=1S/C12H16N2O3/c13-8-12(4-5-17-9-12)7-10-2-1-3-11(6-10)14(15)16/h1-3,6H,4-5,7-9,13H2. The van der Waals surface area contributed by atoms with Crippen LogP contribution in [0.25, 0.3) is 0 Å². The fourth-order valence-electron chi connectivity index (χ4n) is 2.24. The second kappa shape index (κ2) is 4.81. The lowest BCUT2D eigenvalue weighted by Crippen LogP contribution is -2.33. The number of nitro groups is 1. The highest BCUT2D eigenvalue weighted by atomic mass is 16.6. The van der Waals surface area contributed by atoms with Crippen LogP contribution in [-0.2, 0) is 11.2 Å². The van der Waals surface area contributed by atoms with Gasteiger partial charge in [-0.1, -0.05) is 12.1 Å². The van der Waals surface area contributed by atoms with Crippen LogP contribution in [0, 0.1) is 15.5 Å². The number of nitro benzene ring substituents is 1. The molecule has 1 aliphatic rings. The second-order valence-electron chi connectivity index (χ2n) is 4.61. The van der Waals surface area contributed by atoms with E-state index in [0.29, 0.717) is 13.2 Å². The Morgan fingerprint density at radius 3 is 2.94 bits per heavy atom. The minimum absolute atomic E-state index is 0.0464. The molecule has 1 fully saturated rings. The fraction of sp³-hybridized carbons (Fsp3) is 0.500. The lowest BCUT2D eigenvalue weighted by atomic mass is 9.81. The molecule has 1 atom stereocenters. The van der Waals surface area contributed by atoms with Crippen molar-refractivity contribution in [3.63, 3.8) is 0 Å². The van der Waals surface area contributed by atoms with Gasteiger partial charge in [0.2, 0.25) is 0 Å². The Morgan fingerprint density at radius 1 is 1.53 bits per heavy atom. The van der Waals surface area contributed by atoms with Gasteiger partial charge in [0.1, 0.15) is 0 Å². The van der Waals surface area contributed by atoms with E-state index >= 15 is 0 Å². The molecule has 2 rings (SSSR count). The third-order valence-electron chi connectivity index (χ3n) is 3.32. The highest BCUT2D eigenvalue weighted by Gasteiger charge is 2.33. The summed E-state index contributed by atoms with van der Waals surface area (Å²) >= 11 is 0. The molecule has 2 N–H and O–H groups in total. The van der Waals surface area contributed by atoms with E-state index in [4.69, 9.17) is 10.5 Å². The van der Waals surface area contributed by atoms with Crippen LogP contribution in [0.4, 0.5) is 5.69 Å². The summed E-state index contributed by atoms with van der Waals surface area (Å²) in [4.78, 5) is 10.3. The maximum absolute atomic E-state index is 10.7. The van der Waals surface area contributed by atoms with Gasteiger partial charge in [0.05, 0.1) is 11.5 Å². The number of hydrogen-bond acceptors (Lipinski definition) is 4. The van der Waals surface area contributed by atoms with Crippen LogP contribution >= 0.6 is 0 Å². The number of non-ortho nitro benzene ring substituents is 1. The second-order valence-corrected chi connectivity index (χ2v) is 4.61. The SMILES string of the molecule is NCC1(Cc2cccc([N+](=O)[O-])c2)CCOC1. The van der Waals surface area contributed by atoms with Crippen LogP contribution in [0.1, 0.15) is 12.0 Å². The average molecular weight is 236 g/mol. The number of rotatable bonds is 4. The van der Waals surface area contributed by atoms with E-state index < -0.39 is 0 Å². The molecule has 1 aliphatic heterocycles. The van der Waals surface area contributed by atoms with Crippen molar-refractivity contribution >= 4 is 5.69 Å². The minimum Gasteiger partial charge on any atom is -0.381 e. The number of nitrogens with two attached hydrogens (primary N) is 1. The first kappa shape index (κ1) is 12.0. The van der Waals surface area contributed by atoms with Crippen molar-refractivity contribution in [1.29, 1.82) is 0 Å². The number of hydrogen-bond donors (Lipinski definition) is 1. The Kier molecular flexibility index (Phi) is 3.40. The molecule has 0 amide bonds. The summed E-state index contributed by atoms with van der Waals surface area (Å²) in [5, 5.41) is 10.7. The Morgan fingerprint density at radius 2 is 2.35 bits per heavy atom. The number of benzene rings is 1. The zero-order valence-electron chi connectivity index (χ0n) is 9.59. The molecule has 0 bridgehead atoms. The van der Waals surface area contributed by atoms with Gasteiger partial charge in [-0.25, -0.2) is 0 Å². The lowest BCUT2D eigenvalue weighted by Gasteiger charge is -2.25. The van der Waals surface area contributed by atoms with Crippen LogP contribution in [-0.4, -0.2) is 24.7 Å². The van der Waals surface area contributed by atoms with E-state index in [1.54, 1.807) is 12.1 Å². The first-order valence-electron chi connectivity index (χ1n) is 5.66. The summed E-state index contributed by atoms with van der Waals surface area (Å²) in [7, 11) is 0. The molecule has 5 heteroatoms. The zero-order chi connectivity index (χ0) is 12.3. The summed E-state index contributed by atoms with van der Waals surface area (Å²) in [6, 6.07) is 6.75. The van der Waals surface area contributed by atoms with Crippen LogP contribution in [0.2, 0.25) is 0 Å². The van der Waals surface area contributed by atoms with E-state index in [1.165, 1.54) is 6.07 Å². The highest BCUT2D eigenvalue weighted by molar-refractivity contribution is 5.34. The van der Waals surface area contributed by atoms with Gasteiger partial charge in [-0.15, -0.1) is 0 Å². The first-order chi connectivity index (χ1) is 8.15.